The van der Waals surface area contributed by atoms with Gasteiger partial charge in [0.25, 0.3) is 0 Å². The van der Waals surface area contributed by atoms with Gasteiger partial charge in [-0.1, -0.05) is 17.8 Å². The summed E-state index contributed by atoms with van der Waals surface area (Å²) in [7, 11) is 1.80. The summed E-state index contributed by atoms with van der Waals surface area (Å²) in [5.41, 5.74) is 1.64. The van der Waals surface area contributed by atoms with Crippen LogP contribution in [-0.4, -0.2) is 39.7 Å². The molecule has 1 heterocycles. The number of hydrogen-bond acceptors (Lipinski definition) is 5. The SMILES string of the molecule is CN(C(=O)CSc1nc(CC(=O)O)cs1)C1=CCCC1. The minimum absolute atomic E-state index is 0.0538. The van der Waals surface area contributed by atoms with Crippen molar-refractivity contribution in [1.82, 2.24) is 9.88 Å². The molecule has 2 rings (SSSR count). The van der Waals surface area contributed by atoms with E-state index in [1.165, 1.54) is 23.1 Å². The molecule has 0 aromatic carbocycles. The van der Waals surface area contributed by atoms with Gasteiger partial charge in [0.05, 0.1) is 17.9 Å². The molecule has 0 atom stereocenters. The molecule has 7 heteroatoms. The summed E-state index contributed by atoms with van der Waals surface area (Å²) in [5, 5.41) is 10.4. The maximum Gasteiger partial charge on any atom is 0.309 e. The number of carboxylic acid groups (broad SMARTS) is 1. The summed E-state index contributed by atoms with van der Waals surface area (Å²) in [5.74, 6) is -0.512. The molecule has 0 unspecified atom stereocenters. The van der Waals surface area contributed by atoms with Gasteiger partial charge in [-0.2, -0.15) is 0 Å². The van der Waals surface area contributed by atoms with Crippen molar-refractivity contribution >= 4 is 35.0 Å². The quantitative estimate of drug-likeness (QED) is 0.817. The smallest absolute Gasteiger partial charge is 0.309 e. The van der Waals surface area contributed by atoms with E-state index in [9.17, 15) is 9.59 Å². The minimum Gasteiger partial charge on any atom is -0.481 e. The highest BCUT2D eigenvalue weighted by molar-refractivity contribution is 8.01. The number of carbonyl (C=O) groups is 2. The standard InChI is InChI=1S/C13H16N2O3S2/c1-15(10-4-2-3-5-10)11(16)8-20-13-14-9(7-19-13)6-12(17)18/h4,7H,2-3,5-6,8H2,1H3,(H,17,18). The zero-order chi connectivity index (χ0) is 14.5. The molecule has 0 aliphatic heterocycles. The van der Waals surface area contributed by atoms with Gasteiger partial charge in [-0.3, -0.25) is 9.59 Å². The van der Waals surface area contributed by atoms with Crippen LogP contribution in [0.5, 0.6) is 0 Å². The van der Waals surface area contributed by atoms with Gasteiger partial charge in [-0.15, -0.1) is 11.3 Å². The third-order valence-corrected chi connectivity index (χ3v) is 5.06. The van der Waals surface area contributed by atoms with Gasteiger partial charge < -0.3 is 10.0 Å². The Hall–Kier alpha value is -1.34. The second-order valence-electron chi connectivity index (χ2n) is 4.50. The molecule has 0 bridgehead atoms. The van der Waals surface area contributed by atoms with Crippen LogP contribution in [0.3, 0.4) is 0 Å². The number of thiazole rings is 1. The number of thioether (sulfide) groups is 1. The molecule has 0 fully saturated rings. The summed E-state index contributed by atoms with van der Waals surface area (Å²) in [6.07, 6.45) is 5.16. The summed E-state index contributed by atoms with van der Waals surface area (Å²) in [6, 6.07) is 0. The van der Waals surface area contributed by atoms with Crippen molar-refractivity contribution in [3.8, 4) is 0 Å². The highest BCUT2D eigenvalue weighted by Gasteiger charge is 2.17. The van der Waals surface area contributed by atoms with E-state index in [2.05, 4.69) is 11.1 Å². The van der Waals surface area contributed by atoms with Crippen LogP contribution in [0.4, 0.5) is 0 Å². The fourth-order valence-corrected chi connectivity index (χ4v) is 3.69. The summed E-state index contributed by atoms with van der Waals surface area (Å²) in [6.45, 7) is 0. The Balaban J connectivity index is 1.83. The van der Waals surface area contributed by atoms with E-state index >= 15 is 0 Å². The average Bonchev–Trinajstić information content (AvgIpc) is 3.05. The zero-order valence-corrected chi connectivity index (χ0v) is 12.8. The van der Waals surface area contributed by atoms with Gasteiger partial charge >= 0.3 is 5.97 Å². The van der Waals surface area contributed by atoms with Crippen LogP contribution in [0.2, 0.25) is 0 Å². The number of carboxylic acids is 1. The van der Waals surface area contributed by atoms with E-state index in [1.54, 1.807) is 17.3 Å². The van der Waals surface area contributed by atoms with Gasteiger partial charge in [0.1, 0.15) is 0 Å². The fourth-order valence-electron chi connectivity index (χ4n) is 1.93. The molecular weight excluding hydrogens is 296 g/mol. The van der Waals surface area contributed by atoms with E-state index < -0.39 is 5.97 Å². The monoisotopic (exact) mass is 312 g/mol. The van der Waals surface area contributed by atoms with Crippen molar-refractivity contribution in [1.29, 1.82) is 0 Å². The topological polar surface area (TPSA) is 70.5 Å². The lowest BCUT2D eigenvalue weighted by Crippen LogP contribution is -2.26. The van der Waals surface area contributed by atoms with E-state index in [0.717, 1.165) is 29.3 Å². The van der Waals surface area contributed by atoms with Crippen LogP contribution in [0.25, 0.3) is 0 Å². The van der Waals surface area contributed by atoms with E-state index in [4.69, 9.17) is 5.11 Å². The summed E-state index contributed by atoms with van der Waals surface area (Å²) < 4.78 is 0.739. The molecule has 1 N–H and O–H groups in total. The Labute approximate surface area is 125 Å². The number of aliphatic carboxylic acids is 1. The molecular formula is C13H16N2O3S2. The minimum atomic E-state index is -0.893. The largest absolute Gasteiger partial charge is 0.481 e. The summed E-state index contributed by atoms with van der Waals surface area (Å²) in [4.78, 5) is 28.5. The third-order valence-electron chi connectivity index (χ3n) is 3.00. The average molecular weight is 312 g/mol. The van der Waals surface area contributed by atoms with Gasteiger partial charge in [-0.05, 0) is 19.3 Å². The number of rotatable bonds is 6. The Bertz CT molecular complexity index is 539. The van der Waals surface area contributed by atoms with Crippen LogP contribution in [0.15, 0.2) is 21.5 Å². The number of aromatic nitrogens is 1. The van der Waals surface area contributed by atoms with Crippen molar-refractivity contribution in [3.05, 3.63) is 22.8 Å². The van der Waals surface area contributed by atoms with Crippen molar-refractivity contribution < 1.29 is 14.7 Å². The Morgan fingerprint density at radius 1 is 1.55 bits per heavy atom. The van der Waals surface area contributed by atoms with Crippen molar-refractivity contribution in [2.24, 2.45) is 0 Å². The molecule has 20 heavy (non-hydrogen) atoms. The van der Waals surface area contributed by atoms with Crippen molar-refractivity contribution in [2.75, 3.05) is 12.8 Å². The first-order chi connectivity index (χ1) is 9.56. The van der Waals surface area contributed by atoms with Gasteiger partial charge in [0.15, 0.2) is 4.34 Å². The molecule has 1 aliphatic carbocycles. The first kappa shape index (κ1) is 15.1. The molecule has 1 amide bonds. The highest BCUT2D eigenvalue weighted by Crippen LogP contribution is 2.25. The predicted molar refractivity (Wildman–Crippen MR) is 78.9 cm³/mol. The third kappa shape index (κ3) is 4.08. The van der Waals surface area contributed by atoms with Crippen molar-refractivity contribution in [3.63, 3.8) is 0 Å². The lowest BCUT2D eigenvalue weighted by molar-refractivity contribution is -0.136. The van der Waals surface area contributed by atoms with Gasteiger partial charge in [0.2, 0.25) is 5.91 Å². The highest BCUT2D eigenvalue weighted by atomic mass is 32.2. The molecule has 5 nitrogen and oxygen atoms in total. The normalized spacial score (nSPS) is 14.2. The maximum atomic E-state index is 12.0. The van der Waals surface area contributed by atoms with Crippen molar-refractivity contribution in [2.45, 2.75) is 30.0 Å². The van der Waals surface area contributed by atoms with Crippen LogP contribution >= 0.6 is 23.1 Å². The Kier molecular flexibility index (Phi) is 5.19. The second kappa shape index (κ2) is 6.90. The first-order valence-electron chi connectivity index (χ1n) is 6.31. The van der Waals surface area contributed by atoms with Crippen LogP contribution < -0.4 is 0 Å². The van der Waals surface area contributed by atoms with Crippen LogP contribution in [0.1, 0.15) is 25.0 Å². The molecule has 1 aromatic rings. The molecule has 0 spiro atoms. The predicted octanol–water partition coefficient (Wildman–Crippen LogP) is 2.39. The van der Waals surface area contributed by atoms with E-state index in [-0.39, 0.29) is 12.3 Å². The molecule has 1 aromatic heterocycles. The van der Waals surface area contributed by atoms with E-state index in [0.29, 0.717) is 11.4 Å². The van der Waals surface area contributed by atoms with Gasteiger partial charge in [-0.25, -0.2) is 4.98 Å². The fraction of sp³-hybridized carbons (Fsp3) is 0.462. The zero-order valence-electron chi connectivity index (χ0n) is 11.2. The molecule has 108 valence electrons. The number of hydrogen-bond donors (Lipinski definition) is 1. The number of carbonyl (C=O) groups excluding carboxylic acids is 1. The molecule has 0 saturated carbocycles. The lowest BCUT2D eigenvalue weighted by atomic mass is 10.3. The molecule has 0 radical (unpaired) electrons. The Morgan fingerprint density at radius 2 is 2.35 bits per heavy atom. The van der Waals surface area contributed by atoms with Crippen LogP contribution in [0, 0.1) is 0 Å². The number of nitrogens with zero attached hydrogens (tertiary/aromatic N) is 2. The maximum absolute atomic E-state index is 12.0. The number of amides is 1. The van der Waals surface area contributed by atoms with Crippen LogP contribution in [-0.2, 0) is 16.0 Å². The molecule has 1 aliphatic rings. The van der Waals surface area contributed by atoms with E-state index in [1.807, 2.05) is 0 Å². The second-order valence-corrected chi connectivity index (χ2v) is 6.58. The lowest BCUT2D eigenvalue weighted by Gasteiger charge is -2.17. The van der Waals surface area contributed by atoms with Gasteiger partial charge in [0, 0.05) is 18.1 Å². The Morgan fingerprint density at radius 3 is 3.00 bits per heavy atom. The number of allylic oxidation sites excluding steroid dienone is 2. The summed E-state index contributed by atoms with van der Waals surface area (Å²) >= 11 is 2.74. The first-order valence-corrected chi connectivity index (χ1v) is 8.17. The molecule has 0 saturated heterocycles.